The van der Waals surface area contributed by atoms with Gasteiger partial charge >= 0.3 is 0 Å². The van der Waals surface area contributed by atoms with Gasteiger partial charge in [-0.15, -0.1) is 24.8 Å². The number of halogens is 2. The van der Waals surface area contributed by atoms with Crippen molar-refractivity contribution in [3.63, 3.8) is 0 Å². The highest BCUT2D eigenvalue weighted by Crippen LogP contribution is 2.36. The number of fused-ring (bicyclic) bond motifs is 4. The van der Waals surface area contributed by atoms with Crippen molar-refractivity contribution in [2.45, 2.75) is 57.0 Å². The number of piperidine rings is 1. The molecule has 0 aromatic carbocycles. The van der Waals surface area contributed by atoms with Gasteiger partial charge in [-0.2, -0.15) is 0 Å². The second kappa shape index (κ2) is 6.98. The van der Waals surface area contributed by atoms with Crippen molar-refractivity contribution in [3.05, 3.63) is 35.5 Å². The molecule has 0 radical (unpaired) electrons. The number of ether oxygens (including phenoxy) is 2. The minimum atomic E-state index is 0. The van der Waals surface area contributed by atoms with E-state index in [4.69, 9.17) is 14.5 Å². The van der Waals surface area contributed by atoms with Gasteiger partial charge in [-0.25, -0.2) is 4.98 Å². The molecule has 2 unspecified atom stereocenters. The van der Waals surface area contributed by atoms with Crippen LogP contribution in [0.2, 0.25) is 0 Å². The Morgan fingerprint density at radius 2 is 1.79 bits per heavy atom. The third-order valence-corrected chi connectivity index (χ3v) is 5.40. The summed E-state index contributed by atoms with van der Waals surface area (Å²) in [6.07, 6.45) is 11.3. The van der Waals surface area contributed by atoms with E-state index in [1.807, 2.05) is 0 Å². The first-order valence-electron chi connectivity index (χ1n) is 8.41. The first-order chi connectivity index (χ1) is 10.8. The maximum absolute atomic E-state index is 5.65. The zero-order valence-corrected chi connectivity index (χ0v) is 15.0. The van der Waals surface area contributed by atoms with E-state index in [0.717, 1.165) is 66.0 Å². The summed E-state index contributed by atoms with van der Waals surface area (Å²) in [7, 11) is 0. The molecular weight excluding hydrogens is 349 g/mol. The van der Waals surface area contributed by atoms with Crippen LogP contribution in [-0.2, 0) is 22.3 Å². The summed E-state index contributed by atoms with van der Waals surface area (Å²) in [5, 5.41) is 3.71. The minimum absolute atomic E-state index is 0. The van der Waals surface area contributed by atoms with E-state index < -0.39 is 0 Å². The van der Waals surface area contributed by atoms with Crippen LogP contribution < -0.4 is 5.32 Å². The zero-order valence-electron chi connectivity index (χ0n) is 13.4. The minimum Gasteiger partial charge on any atom is -0.462 e. The number of rotatable bonds is 2. The van der Waals surface area contributed by atoms with Gasteiger partial charge in [-0.3, -0.25) is 0 Å². The van der Waals surface area contributed by atoms with Gasteiger partial charge in [0.1, 0.15) is 29.8 Å². The normalized spacial score (nSPS) is 29.6. The SMILES string of the molecule is C1=COC2=C(CCc3nc(CC4CC5CCC(C4)N5)[nH]c32)O1.Cl.Cl. The maximum atomic E-state index is 5.65. The van der Waals surface area contributed by atoms with Gasteiger partial charge in [0.25, 0.3) is 0 Å². The average Bonchev–Trinajstić information content (AvgIpc) is 3.10. The summed E-state index contributed by atoms with van der Waals surface area (Å²) in [6, 6.07) is 1.48. The Kier molecular flexibility index (Phi) is 5.13. The topological polar surface area (TPSA) is 59.2 Å². The monoisotopic (exact) mass is 371 g/mol. The molecule has 24 heavy (non-hydrogen) atoms. The zero-order chi connectivity index (χ0) is 14.5. The molecule has 1 aliphatic carbocycles. The summed E-state index contributed by atoms with van der Waals surface area (Å²) in [6.45, 7) is 0. The predicted molar refractivity (Wildman–Crippen MR) is 96.0 cm³/mol. The molecule has 5 rings (SSSR count). The van der Waals surface area contributed by atoms with Crippen molar-refractivity contribution in [3.8, 4) is 0 Å². The number of aryl methyl sites for hydroxylation is 1. The number of H-pyrrole nitrogens is 1. The lowest BCUT2D eigenvalue weighted by atomic mass is 9.89. The fraction of sp³-hybridized carbons (Fsp3) is 0.588. The first kappa shape index (κ1) is 17.6. The van der Waals surface area contributed by atoms with E-state index in [9.17, 15) is 0 Å². The fourth-order valence-corrected chi connectivity index (χ4v) is 4.47. The van der Waals surface area contributed by atoms with Gasteiger partial charge in [0.2, 0.25) is 0 Å². The Morgan fingerprint density at radius 3 is 2.58 bits per heavy atom. The third-order valence-electron chi connectivity index (χ3n) is 5.40. The molecule has 5 nitrogen and oxygen atoms in total. The maximum Gasteiger partial charge on any atom is 0.190 e. The Hall–Kier alpha value is -1.17. The molecule has 4 heterocycles. The quantitative estimate of drug-likeness (QED) is 0.835. The Labute approximate surface area is 154 Å². The molecule has 2 atom stereocenters. The molecule has 7 heteroatoms. The van der Waals surface area contributed by atoms with Gasteiger partial charge in [0, 0.05) is 24.9 Å². The van der Waals surface area contributed by atoms with Crippen LogP contribution in [0.15, 0.2) is 18.3 Å². The Morgan fingerprint density at radius 1 is 1.04 bits per heavy atom. The Balaban J connectivity index is 0.000000845. The molecule has 2 bridgehead atoms. The second-order valence-electron chi connectivity index (χ2n) is 6.94. The number of hydrogen-bond donors (Lipinski definition) is 2. The van der Waals surface area contributed by atoms with E-state index >= 15 is 0 Å². The van der Waals surface area contributed by atoms with Gasteiger partial charge in [-0.1, -0.05) is 0 Å². The Bertz CT molecular complexity index is 659. The van der Waals surface area contributed by atoms with Crippen molar-refractivity contribution in [2.24, 2.45) is 5.92 Å². The van der Waals surface area contributed by atoms with Crippen molar-refractivity contribution in [1.82, 2.24) is 15.3 Å². The molecular formula is C17H23Cl2N3O2. The lowest BCUT2D eigenvalue weighted by molar-refractivity contribution is 0.260. The molecule has 0 spiro atoms. The van der Waals surface area contributed by atoms with E-state index in [1.165, 1.54) is 25.7 Å². The van der Waals surface area contributed by atoms with Crippen molar-refractivity contribution >= 4 is 30.6 Å². The van der Waals surface area contributed by atoms with Crippen molar-refractivity contribution in [2.75, 3.05) is 0 Å². The highest BCUT2D eigenvalue weighted by atomic mass is 35.5. The van der Waals surface area contributed by atoms with Crippen LogP contribution in [0.25, 0.3) is 5.76 Å². The molecule has 2 fully saturated rings. The van der Waals surface area contributed by atoms with E-state index in [1.54, 1.807) is 12.5 Å². The molecule has 2 saturated heterocycles. The number of aromatic amines is 1. The molecule has 2 N–H and O–H groups in total. The standard InChI is InChI=1S/C17H21N3O2.2ClH/c1-2-12-8-10(7-11(1)18-12)9-15-19-13-3-4-14-17(16(13)20-15)22-6-5-21-14;;/h5-6,10-12,18H,1-4,7-9H2,(H,19,20);2*1H. The molecule has 1 aromatic rings. The van der Waals surface area contributed by atoms with Crippen LogP contribution in [0, 0.1) is 5.92 Å². The van der Waals surface area contributed by atoms with Crippen LogP contribution in [0.3, 0.4) is 0 Å². The van der Waals surface area contributed by atoms with Crippen LogP contribution in [0.4, 0.5) is 0 Å². The van der Waals surface area contributed by atoms with Gasteiger partial charge < -0.3 is 19.8 Å². The number of imidazole rings is 1. The molecule has 0 amide bonds. The lowest BCUT2D eigenvalue weighted by Crippen LogP contribution is -2.38. The number of nitrogens with zero attached hydrogens (tertiary/aromatic N) is 1. The first-order valence-corrected chi connectivity index (χ1v) is 8.41. The second-order valence-corrected chi connectivity index (χ2v) is 6.94. The average molecular weight is 372 g/mol. The lowest BCUT2D eigenvalue weighted by Gasteiger charge is -2.28. The van der Waals surface area contributed by atoms with Crippen LogP contribution >= 0.6 is 24.8 Å². The summed E-state index contributed by atoms with van der Waals surface area (Å²) >= 11 is 0. The van der Waals surface area contributed by atoms with Crippen LogP contribution in [0.5, 0.6) is 0 Å². The number of hydrogen-bond acceptors (Lipinski definition) is 4. The largest absolute Gasteiger partial charge is 0.462 e. The van der Waals surface area contributed by atoms with Crippen molar-refractivity contribution in [1.29, 1.82) is 0 Å². The third kappa shape index (κ3) is 3.05. The summed E-state index contributed by atoms with van der Waals surface area (Å²) in [4.78, 5) is 8.34. The highest BCUT2D eigenvalue weighted by molar-refractivity contribution is 5.85. The van der Waals surface area contributed by atoms with Crippen molar-refractivity contribution < 1.29 is 9.47 Å². The number of allylic oxidation sites excluding steroid dienone is 1. The van der Waals surface area contributed by atoms with Gasteiger partial charge in [0.05, 0.1) is 5.69 Å². The highest BCUT2D eigenvalue weighted by Gasteiger charge is 2.34. The summed E-state index contributed by atoms with van der Waals surface area (Å²) in [5.74, 6) is 3.62. The molecule has 4 aliphatic rings. The molecule has 3 aliphatic heterocycles. The fourth-order valence-electron chi connectivity index (χ4n) is 4.47. The molecule has 132 valence electrons. The summed E-state index contributed by atoms with van der Waals surface area (Å²) < 4.78 is 11.2. The molecule has 0 saturated carbocycles. The van der Waals surface area contributed by atoms with Crippen LogP contribution in [-0.4, -0.2) is 22.1 Å². The van der Waals surface area contributed by atoms with Gasteiger partial charge in [-0.05, 0) is 38.0 Å². The van der Waals surface area contributed by atoms with Crippen LogP contribution in [0.1, 0.15) is 49.3 Å². The summed E-state index contributed by atoms with van der Waals surface area (Å²) in [5.41, 5.74) is 2.15. The van der Waals surface area contributed by atoms with E-state index in [-0.39, 0.29) is 24.8 Å². The van der Waals surface area contributed by atoms with Gasteiger partial charge in [0.15, 0.2) is 5.76 Å². The number of aromatic nitrogens is 2. The molecule has 1 aromatic heterocycles. The predicted octanol–water partition coefficient (Wildman–Crippen LogP) is 3.46. The smallest absolute Gasteiger partial charge is 0.190 e. The van der Waals surface area contributed by atoms with E-state index in [2.05, 4.69) is 10.3 Å². The number of nitrogens with one attached hydrogen (secondary N) is 2. The van der Waals surface area contributed by atoms with E-state index in [0.29, 0.717) is 0 Å².